The molecule has 0 atom stereocenters. The molecule has 1 heterocycles. The topological polar surface area (TPSA) is 29.0 Å². The van der Waals surface area contributed by atoms with Gasteiger partial charge in [0.2, 0.25) is 6.33 Å². The molecule has 3 nitrogen and oxygen atoms in total. The van der Waals surface area contributed by atoms with Gasteiger partial charge in [-0.1, -0.05) is 12.1 Å². The van der Waals surface area contributed by atoms with E-state index in [4.69, 9.17) is 5.11 Å². The van der Waals surface area contributed by atoms with E-state index in [1.807, 2.05) is 42.5 Å². The standard InChI is InChI=1S/C11H12N2O/c1-12-6-7-13(9-12)8-10-2-4-11(14)5-3-10/h2-7,9H,8H2,1H3/p+1. The van der Waals surface area contributed by atoms with Crippen molar-refractivity contribution in [2.45, 2.75) is 6.54 Å². The van der Waals surface area contributed by atoms with Crippen LogP contribution in [0.25, 0.3) is 0 Å². The minimum atomic E-state index is 0.312. The van der Waals surface area contributed by atoms with Crippen LogP contribution in [-0.2, 0) is 13.6 Å². The fourth-order valence-corrected chi connectivity index (χ4v) is 1.41. The first-order valence-electron chi connectivity index (χ1n) is 4.53. The van der Waals surface area contributed by atoms with E-state index in [-0.39, 0.29) is 0 Å². The van der Waals surface area contributed by atoms with Crippen molar-refractivity contribution >= 4 is 0 Å². The Bertz CT molecular complexity index is 417. The molecule has 0 spiro atoms. The van der Waals surface area contributed by atoms with Gasteiger partial charge >= 0.3 is 0 Å². The Morgan fingerprint density at radius 1 is 1.29 bits per heavy atom. The molecule has 1 aromatic carbocycles. The lowest BCUT2D eigenvalue weighted by Crippen LogP contribution is -2.23. The van der Waals surface area contributed by atoms with Crippen LogP contribution >= 0.6 is 0 Å². The molecule has 1 N–H and O–H groups in total. The second kappa shape index (κ2) is 3.54. The maximum atomic E-state index is 9.12. The maximum Gasteiger partial charge on any atom is 0.243 e. The summed E-state index contributed by atoms with van der Waals surface area (Å²) in [4.78, 5) is 0. The van der Waals surface area contributed by atoms with Gasteiger partial charge in [-0.25, -0.2) is 9.13 Å². The van der Waals surface area contributed by atoms with Crippen LogP contribution in [0.5, 0.6) is 5.75 Å². The number of aromatic nitrogens is 2. The zero-order valence-electron chi connectivity index (χ0n) is 8.09. The van der Waals surface area contributed by atoms with Crippen molar-refractivity contribution in [2.75, 3.05) is 0 Å². The van der Waals surface area contributed by atoms with Crippen molar-refractivity contribution in [3.05, 3.63) is 48.5 Å². The third-order valence-electron chi connectivity index (χ3n) is 2.13. The second-order valence-corrected chi connectivity index (χ2v) is 3.42. The highest BCUT2D eigenvalue weighted by Crippen LogP contribution is 2.10. The summed E-state index contributed by atoms with van der Waals surface area (Å²) in [5.74, 6) is 0.312. The molecule has 3 heteroatoms. The lowest BCUT2D eigenvalue weighted by Gasteiger charge is -1.97. The third kappa shape index (κ3) is 1.93. The minimum absolute atomic E-state index is 0.312. The average Bonchev–Trinajstić information content (AvgIpc) is 2.56. The number of imidazole rings is 1. The molecule has 0 aliphatic carbocycles. The van der Waals surface area contributed by atoms with Gasteiger partial charge in [0, 0.05) is 0 Å². The fourth-order valence-electron chi connectivity index (χ4n) is 1.41. The van der Waals surface area contributed by atoms with E-state index in [0.717, 1.165) is 6.54 Å². The lowest BCUT2D eigenvalue weighted by atomic mass is 10.2. The molecule has 0 bridgehead atoms. The summed E-state index contributed by atoms with van der Waals surface area (Å²) < 4.78 is 4.09. The van der Waals surface area contributed by atoms with E-state index in [1.165, 1.54) is 5.56 Å². The molecule has 0 amide bonds. The molecule has 0 saturated carbocycles. The molecule has 2 rings (SSSR count). The molecule has 0 aliphatic rings. The van der Waals surface area contributed by atoms with Gasteiger partial charge in [0.15, 0.2) is 0 Å². The Morgan fingerprint density at radius 2 is 2.00 bits per heavy atom. The van der Waals surface area contributed by atoms with Crippen molar-refractivity contribution in [1.82, 2.24) is 4.57 Å². The molecule has 0 radical (unpaired) electrons. The van der Waals surface area contributed by atoms with Gasteiger partial charge in [-0.2, -0.15) is 0 Å². The van der Waals surface area contributed by atoms with Gasteiger partial charge in [-0.15, -0.1) is 0 Å². The summed E-state index contributed by atoms with van der Waals surface area (Å²) in [7, 11) is 1.99. The van der Waals surface area contributed by atoms with Crippen LogP contribution in [0.3, 0.4) is 0 Å². The molecule has 2 aromatic rings. The van der Waals surface area contributed by atoms with E-state index in [9.17, 15) is 0 Å². The number of rotatable bonds is 2. The van der Waals surface area contributed by atoms with Gasteiger partial charge in [-0.05, 0) is 17.7 Å². The van der Waals surface area contributed by atoms with E-state index in [2.05, 4.69) is 4.57 Å². The number of aromatic hydroxyl groups is 1. The number of benzene rings is 1. The summed E-state index contributed by atoms with van der Waals surface area (Å²) in [6, 6.07) is 7.27. The number of phenolic OH excluding ortho intramolecular Hbond substituents is 1. The van der Waals surface area contributed by atoms with Gasteiger partial charge in [0.05, 0.1) is 7.05 Å². The van der Waals surface area contributed by atoms with Crippen LogP contribution in [-0.4, -0.2) is 9.67 Å². The monoisotopic (exact) mass is 189 g/mol. The summed E-state index contributed by atoms with van der Waals surface area (Å²) in [6.45, 7) is 0.834. The highest BCUT2D eigenvalue weighted by atomic mass is 16.3. The summed E-state index contributed by atoms with van der Waals surface area (Å²) in [5.41, 5.74) is 1.18. The molecule has 0 aliphatic heterocycles. The van der Waals surface area contributed by atoms with Crippen LogP contribution in [0.4, 0.5) is 0 Å². The number of hydrogen-bond acceptors (Lipinski definition) is 1. The lowest BCUT2D eigenvalue weighted by molar-refractivity contribution is -0.671. The summed E-state index contributed by atoms with van der Waals surface area (Å²) >= 11 is 0. The number of phenols is 1. The Labute approximate surface area is 82.9 Å². The zero-order chi connectivity index (χ0) is 9.97. The molecule has 72 valence electrons. The Balaban J connectivity index is 2.15. The van der Waals surface area contributed by atoms with Crippen LogP contribution in [0.2, 0.25) is 0 Å². The molecule has 0 unspecified atom stereocenters. The smallest absolute Gasteiger partial charge is 0.243 e. The van der Waals surface area contributed by atoms with Gasteiger partial charge in [-0.3, -0.25) is 0 Å². The predicted octanol–water partition coefficient (Wildman–Crippen LogP) is 1.07. The van der Waals surface area contributed by atoms with Crippen molar-refractivity contribution in [2.24, 2.45) is 7.05 Å². The highest BCUT2D eigenvalue weighted by Gasteiger charge is 2.01. The SMILES string of the molecule is C[n+]1ccn(Cc2ccc(O)cc2)c1. The normalized spacial score (nSPS) is 10.4. The molecule has 0 saturated heterocycles. The summed E-state index contributed by atoms with van der Waals surface area (Å²) in [5, 5.41) is 9.12. The van der Waals surface area contributed by atoms with Crippen LogP contribution in [0, 0.1) is 0 Å². The summed E-state index contributed by atoms with van der Waals surface area (Å²) in [6.07, 6.45) is 6.04. The van der Waals surface area contributed by atoms with Crippen molar-refractivity contribution in [3.8, 4) is 5.75 Å². The molecular weight excluding hydrogens is 176 g/mol. The Hall–Kier alpha value is -1.77. The van der Waals surface area contributed by atoms with Crippen molar-refractivity contribution in [3.63, 3.8) is 0 Å². The second-order valence-electron chi connectivity index (χ2n) is 3.42. The van der Waals surface area contributed by atoms with E-state index in [0.29, 0.717) is 5.75 Å². The first-order valence-corrected chi connectivity index (χ1v) is 4.53. The number of aryl methyl sites for hydroxylation is 1. The third-order valence-corrected chi connectivity index (χ3v) is 2.13. The largest absolute Gasteiger partial charge is 0.508 e. The molecule has 1 aromatic heterocycles. The maximum absolute atomic E-state index is 9.12. The molecule has 14 heavy (non-hydrogen) atoms. The zero-order valence-corrected chi connectivity index (χ0v) is 8.09. The van der Waals surface area contributed by atoms with Crippen molar-refractivity contribution < 1.29 is 9.67 Å². The predicted molar refractivity (Wildman–Crippen MR) is 52.8 cm³/mol. The number of nitrogens with zero attached hydrogens (tertiary/aromatic N) is 2. The van der Waals surface area contributed by atoms with Gasteiger partial charge in [0.25, 0.3) is 0 Å². The van der Waals surface area contributed by atoms with Crippen LogP contribution < -0.4 is 4.57 Å². The van der Waals surface area contributed by atoms with E-state index >= 15 is 0 Å². The quantitative estimate of drug-likeness (QED) is 0.703. The molecular formula is C11H13N2O+. The van der Waals surface area contributed by atoms with E-state index < -0.39 is 0 Å². The van der Waals surface area contributed by atoms with Gasteiger partial charge in [0.1, 0.15) is 24.7 Å². The molecule has 0 fully saturated rings. The Kier molecular flexibility index (Phi) is 2.23. The number of hydrogen-bond donors (Lipinski definition) is 1. The highest BCUT2D eigenvalue weighted by molar-refractivity contribution is 5.25. The van der Waals surface area contributed by atoms with Crippen LogP contribution in [0.15, 0.2) is 43.0 Å². The minimum Gasteiger partial charge on any atom is -0.508 e. The first-order chi connectivity index (χ1) is 6.74. The first kappa shape index (κ1) is 8.81. The Morgan fingerprint density at radius 3 is 2.57 bits per heavy atom. The average molecular weight is 189 g/mol. The van der Waals surface area contributed by atoms with Crippen molar-refractivity contribution in [1.29, 1.82) is 0 Å². The van der Waals surface area contributed by atoms with E-state index in [1.54, 1.807) is 12.1 Å². The fraction of sp³-hybridized carbons (Fsp3) is 0.182. The van der Waals surface area contributed by atoms with Gasteiger partial charge < -0.3 is 5.11 Å². The van der Waals surface area contributed by atoms with Crippen LogP contribution in [0.1, 0.15) is 5.56 Å².